The smallest absolute Gasteiger partial charge is 0.297 e. The highest BCUT2D eigenvalue weighted by atomic mass is 28.4. The lowest BCUT2D eigenvalue weighted by Crippen LogP contribution is -2.44. The maximum atomic E-state index is 6.35. The quantitative estimate of drug-likeness (QED) is 0.536. The average molecular weight is 307 g/mol. The fourth-order valence-electron chi connectivity index (χ4n) is 2.25. The van der Waals surface area contributed by atoms with Crippen LogP contribution in [0.15, 0.2) is 0 Å². The van der Waals surface area contributed by atoms with Crippen molar-refractivity contribution < 1.29 is 8.23 Å². The van der Waals surface area contributed by atoms with Crippen LogP contribution in [-0.4, -0.2) is 25.9 Å². The van der Waals surface area contributed by atoms with Gasteiger partial charge in [-0.2, -0.15) is 0 Å². The summed E-state index contributed by atoms with van der Waals surface area (Å²) >= 11 is 0. The average Bonchev–Trinajstić information content (AvgIpc) is 2.22. The van der Waals surface area contributed by atoms with E-state index >= 15 is 0 Å². The number of hydrogen-bond donors (Lipinski definition) is 0. The van der Waals surface area contributed by atoms with Crippen LogP contribution in [0.5, 0.6) is 0 Å². The minimum atomic E-state index is -1.46. The van der Waals surface area contributed by atoms with Crippen molar-refractivity contribution >= 4 is 25.9 Å². The molecule has 0 fully saturated rings. The molecule has 0 aromatic heterocycles. The molecule has 0 radical (unpaired) electrons. The van der Waals surface area contributed by atoms with Crippen LogP contribution in [0, 0.1) is 0 Å². The van der Waals surface area contributed by atoms with Gasteiger partial charge in [0.2, 0.25) is 0 Å². The van der Waals surface area contributed by atoms with Crippen LogP contribution >= 0.6 is 0 Å². The lowest BCUT2D eigenvalue weighted by Gasteiger charge is -2.32. The van der Waals surface area contributed by atoms with Gasteiger partial charge in [-0.1, -0.05) is 39.5 Å². The van der Waals surface area contributed by atoms with Crippen molar-refractivity contribution in [3.63, 3.8) is 0 Å². The predicted molar refractivity (Wildman–Crippen MR) is 89.6 cm³/mol. The Morgan fingerprint density at radius 1 is 0.778 bits per heavy atom. The SMILES string of the molecule is CCCC[Si](C)(C)O[SiH](C)O[Si](C)(C)CCCC. The Morgan fingerprint density at radius 2 is 1.11 bits per heavy atom. The highest BCUT2D eigenvalue weighted by Crippen LogP contribution is 2.20. The van der Waals surface area contributed by atoms with E-state index in [1.807, 2.05) is 0 Å². The Kier molecular flexibility index (Phi) is 8.96. The van der Waals surface area contributed by atoms with Gasteiger partial charge in [-0.25, -0.2) is 0 Å². The van der Waals surface area contributed by atoms with Crippen molar-refractivity contribution in [2.24, 2.45) is 0 Å². The molecule has 0 saturated heterocycles. The molecule has 110 valence electrons. The summed E-state index contributed by atoms with van der Waals surface area (Å²) in [5, 5.41) is 0. The lowest BCUT2D eigenvalue weighted by molar-refractivity contribution is 0.418. The Hall–Kier alpha value is 0.571. The predicted octanol–water partition coefficient (Wildman–Crippen LogP) is 4.88. The summed E-state index contributed by atoms with van der Waals surface area (Å²) in [5.74, 6) is 0. The third-order valence-electron chi connectivity index (χ3n) is 3.23. The van der Waals surface area contributed by atoms with Crippen LogP contribution in [-0.2, 0) is 8.23 Å². The van der Waals surface area contributed by atoms with Crippen LogP contribution in [0.25, 0.3) is 0 Å². The van der Waals surface area contributed by atoms with E-state index in [0.29, 0.717) is 0 Å². The molecule has 0 saturated carbocycles. The van der Waals surface area contributed by atoms with Crippen molar-refractivity contribution in [1.82, 2.24) is 0 Å². The van der Waals surface area contributed by atoms with E-state index in [2.05, 4.69) is 46.6 Å². The fraction of sp³-hybridized carbons (Fsp3) is 1.00. The molecule has 0 aromatic carbocycles. The van der Waals surface area contributed by atoms with E-state index in [4.69, 9.17) is 8.23 Å². The third-order valence-corrected chi connectivity index (χ3v) is 14.1. The molecule has 0 aromatic rings. The Labute approximate surface area is 119 Å². The van der Waals surface area contributed by atoms with Crippen LogP contribution < -0.4 is 0 Å². The molecule has 0 atom stereocenters. The third kappa shape index (κ3) is 9.49. The molecular weight excluding hydrogens is 272 g/mol. The molecule has 0 heterocycles. The van der Waals surface area contributed by atoms with Gasteiger partial charge in [0.05, 0.1) is 0 Å². The van der Waals surface area contributed by atoms with Gasteiger partial charge in [0.25, 0.3) is 9.28 Å². The highest BCUT2D eigenvalue weighted by Gasteiger charge is 2.30. The van der Waals surface area contributed by atoms with Crippen LogP contribution in [0.2, 0.25) is 44.8 Å². The van der Waals surface area contributed by atoms with Crippen LogP contribution in [0.1, 0.15) is 39.5 Å². The highest BCUT2D eigenvalue weighted by molar-refractivity contribution is 6.81. The van der Waals surface area contributed by atoms with Gasteiger partial charge in [0, 0.05) is 0 Å². The first-order chi connectivity index (χ1) is 8.22. The van der Waals surface area contributed by atoms with Gasteiger partial charge >= 0.3 is 0 Å². The topological polar surface area (TPSA) is 18.5 Å². The van der Waals surface area contributed by atoms with E-state index in [1.165, 1.54) is 37.8 Å². The molecule has 0 bridgehead atoms. The monoisotopic (exact) mass is 306 g/mol. The van der Waals surface area contributed by atoms with Gasteiger partial charge < -0.3 is 8.23 Å². The summed E-state index contributed by atoms with van der Waals surface area (Å²) in [6.45, 7) is 16.1. The first kappa shape index (κ1) is 18.6. The maximum Gasteiger partial charge on any atom is 0.297 e. The first-order valence-electron chi connectivity index (χ1n) is 7.58. The molecule has 0 aliphatic rings. The number of hydrogen-bond acceptors (Lipinski definition) is 2. The fourth-order valence-corrected chi connectivity index (χ4v) is 13.4. The standard InChI is InChI=1S/C13H34O2Si3/c1-8-10-12-17(4,5)14-16(3)15-18(6,7)13-11-9-2/h16H,8-13H2,1-7H3. The first-order valence-corrected chi connectivity index (χ1v) is 15.9. The van der Waals surface area contributed by atoms with Crippen LogP contribution in [0.4, 0.5) is 0 Å². The molecule has 0 spiro atoms. The largest absolute Gasteiger partial charge is 0.439 e. The summed E-state index contributed by atoms with van der Waals surface area (Å²) in [6.07, 6.45) is 5.15. The Morgan fingerprint density at radius 3 is 1.39 bits per heavy atom. The van der Waals surface area contributed by atoms with Crippen molar-refractivity contribution in [1.29, 1.82) is 0 Å². The second kappa shape index (κ2) is 8.68. The zero-order chi connectivity index (χ0) is 14.2. The molecule has 0 rings (SSSR count). The molecule has 5 heteroatoms. The van der Waals surface area contributed by atoms with Crippen molar-refractivity contribution in [2.75, 3.05) is 0 Å². The molecule has 0 aliphatic carbocycles. The molecule has 0 aliphatic heterocycles. The van der Waals surface area contributed by atoms with Gasteiger partial charge in [-0.15, -0.1) is 0 Å². The Bertz CT molecular complexity index is 198. The number of rotatable bonds is 10. The van der Waals surface area contributed by atoms with Gasteiger partial charge in [-0.3, -0.25) is 0 Å². The summed E-state index contributed by atoms with van der Waals surface area (Å²) in [5.41, 5.74) is 0. The minimum Gasteiger partial charge on any atom is -0.439 e. The number of unbranched alkanes of at least 4 members (excludes halogenated alkanes) is 2. The second-order valence-corrected chi connectivity index (χ2v) is 17.6. The van der Waals surface area contributed by atoms with Crippen molar-refractivity contribution in [3.05, 3.63) is 0 Å². The summed E-state index contributed by atoms with van der Waals surface area (Å²) in [6, 6.07) is 2.56. The second-order valence-electron chi connectivity index (χ2n) is 6.53. The van der Waals surface area contributed by atoms with E-state index in [9.17, 15) is 0 Å². The molecule has 0 unspecified atom stereocenters. The minimum absolute atomic E-state index is 1.27. The summed E-state index contributed by atoms with van der Waals surface area (Å²) in [4.78, 5) is 0. The molecular formula is C13H34O2Si3. The molecule has 0 amide bonds. The van der Waals surface area contributed by atoms with Crippen molar-refractivity contribution in [2.45, 2.75) is 84.4 Å². The van der Waals surface area contributed by atoms with E-state index in [1.54, 1.807) is 0 Å². The zero-order valence-electron chi connectivity index (χ0n) is 13.6. The lowest BCUT2D eigenvalue weighted by atomic mass is 10.4. The van der Waals surface area contributed by atoms with Crippen LogP contribution in [0.3, 0.4) is 0 Å². The zero-order valence-corrected chi connectivity index (χ0v) is 16.8. The van der Waals surface area contributed by atoms with E-state index < -0.39 is 25.9 Å². The summed E-state index contributed by atoms with van der Waals surface area (Å²) in [7, 11) is -4.33. The van der Waals surface area contributed by atoms with E-state index in [0.717, 1.165) is 0 Å². The van der Waals surface area contributed by atoms with Crippen molar-refractivity contribution in [3.8, 4) is 0 Å². The van der Waals surface area contributed by atoms with Gasteiger partial charge in [0.1, 0.15) is 0 Å². The maximum absolute atomic E-state index is 6.35. The molecule has 0 N–H and O–H groups in total. The Balaban J connectivity index is 4.11. The van der Waals surface area contributed by atoms with Gasteiger partial charge in [-0.05, 0) is 44.8 Å². The van der Waals surface area contributed by atoms with Gasteiger partial charge in [0.15, 0.2) is 16.6 Å². The van der Waals surface area contributed by atoms with E-state index in [-0.39, 0.29) is 0 Å². The summed E-state index contributed by atoms with van der Waals surface area (Å²) < 4.78 is 12.7. The molecule has 2 nitrogen and oxygen atoms in total. The normalized spacial score (nSPS) is 13.3. The molecule has 18 heavy (non-hydrogen) atoms.